The molecule has 6 nitrogen and oxygen atoms in total. The molecule has 0 amide bonds. The predicted molar refractivity (Wildman–Crippen MR) is 128 cm³/mol. The summed E-state index contributed by atoms with van der Waals surface area (Å²) in [6, 6.07) is 7.58. The minimum Gasteiger partial charge on any atom is -0.506 e. The fourth-order valence-corrected chi connectivity index (χ4v) is 4.01. The average molecular weight is 501 g/mol. The summed E-state index contributed by atoms with van der Waals surface area (Å²) in [6.45, 7) is 10.6. The van der Waals surface area contributed by atoms with Crippen LogP contribution in [-0.2, 0) is 0 Å². The Labute approximate surface area is 187 Å². The molecule has 2 aliphatic rings. The summed E-state index contributed by atoms with van der Waals surface area (Å²) in [5, 5.41) is 13.6. The standard InChI is InChI=1S/C21H35N5O.HI/c1-18-8-12-24(13-9-18)11-5-10-23-21(22-2)26-16-14-25(15-17-26)19-6-3-4-7-20(19)27;/h3-4,6-7,18,27H,5,8-17H2,1-2H3,(H,22,23);1H. The van der Waals surface area contributed by atoms with E-state index in [0.29, 0.717) is 5.75 Å². The Kier molecular flexibility index (Phi) is 9.64. The van der Waals surface area contributed by atoms with E-state index < -0.39 is 0 Å². The van der Waals surface area contributed by atoms with Crippen LogP contribution in [0.15, 0.2) is 29.3 Å². The molecule has 2 fully saturated rings. The van der Waals surface area contributed by atoms with E-state index in [0.717, 1.165) is 56.7 Å². The summed E-state index contributed by atoms with van der Waals surface area (Å²) in [5.41, 5.74) is 0.927. The van der Waals surface area contributed by atoms with Gasteiger partial charge in [-0.2, -0.15) is 0 Å². The van der Waals surface area contributed by atoms with Crippen molar-refractivity contribution in [2.75, 3.05) is 64.3 Å². The number of piperazine rings is 1. The van der Waals surface area contributed by atoms with Crippen LogP contribution >= 0.6 is 24.0 Å². The van der Waals surface area contributed by atoms with E-state index in [-0.39, 0.29) is 24.0 Å². The molecule has 0 aliphatic carbocycles. The molecule has 0 unspecified atom stereocenters. The molecule has 0 saturated carbocycles. The van der Waals surface area contributed by atoms with Crippen LogP contribution in [0.1, 0.15) is 26.2 Å². The van der Waals surface area contributed by atoms with E-state index in [2.05, 4.69) is 31.9 Å². The Hall–Kier alpha value is -1.22. The van der Waals surface area contributed by atoms with E-state index >= 15 is 0 Å². The second-order valence-electron chi connectivity index (χ2n) is 7.81. The highest BCUT2D eigenvalue weighted by Crippen LogP contribution is 2.27. The number of rotatable bonds is 5. The molecule has 2 saturated heterocycles. The number of para-hydroxylation sites is 2. The minimum absolute atomic E-state index is 0. The van der Waals surface area contributed by atoms with Crippen LogP contribution in [0.5, 0.6) is 5.75 Å². The first-order valence-corrected chi connectivity index (χ1v) is 10.4. The van der Waals surface area contributed by atoms with E-state index in [1.54, 1.807) is 6.07 Å². The Morgan fingerprint density at radius 3 is 2.43 bits per heavy atom. The number of aromatic hydroxyl groups is 1. The maximum atomic E-state index is 10.1. The number of likely N-dealkylation sites (tertiary alicyclic amines) is 1. The number of nitrogens with zero attached hydrogens (tertiary/aromatic N) is 4. The van der Waals surface area contributed by atoms with Crippen LogP contribution in [0.4, 0.5) is 5.69 Å². The third-order valence-electron chi connectivity index (χ3n) is 5.82. The number of benzene rings is 1. The van der Waals surface area contributed by atoms with Crippen molar-refractivity contribution in [2.45, 2.75) is 26.2 Å². The normalized spacial score (nSPS) is 19.4. The van der Waals surface area contributed by atoms with Crippen molar-refractivity contribution in [3.05, 3.63) is 24.3 Å². The number of piperidine rings is 1. The predicted octanol–water partition coefficient (Wildman–Crippen LogP) is 2.83. The summed E-state index contributed by atoms with van der Waals surface area (Å²) >= 11 is 0. The lowest BCUT2D eigenvalue weighted by Crippen LogP contribution is -2.52. The molecular weight excluding hydrogens is 465 g/mol. The number of nitrogens with one attached hydrogen (secondary N) is 1. The van der Waals surface area contributed by atoms with Crippen molar-refractivity contribution in [3.8, 4) is 5.75 Å². The first kappa shape index (κ1) is 23.1. The fraction of sp³-hybridized carbons (Fsp3) is 0.667. The van der Waals surface area contributed by atoms with Gasteiger partial charge in [0.25, 0.3) is 0 Å². The highest BCUT2D eigenvalue weighted by atomic mass is 127. The van der Waals surface area contributed by atoms with Gasteiger partial charge in [0.15, 0.2) is 5.96 Å². The van der Waals surface area contributed by atoms with Gasteiger partial charge < -0.3 is 25.1 Å². The van der Waals surface area contributed by atoms with Gasteiger partial charge in [0, 0.05) is 39.8 Å². The molecule has 0 spiro atoms. The first-order chi connectivity index (χ1) is 13.2. The number of hydrogen-bond donors (Lipinski definition) is 2. The van der Waals surface area contributed by atoms with E-state index in [9.17, 15) is 5.11 Å². The Bertz CT molecular complexity index is 611. The van der Waals surface area contributed by atoms with E-state index in [1.807, 2.05) is 25.2 Å². The summed E-state index contributed by atoms with van der Waals surface area (Å²) in [6.07, 6.45) is 3.85. The van der Waals surface area contributed by atoms with Gasteiger partial charge >= 0.3 is 0 Å². The van der Waals surface area contributed by atoms with Crippen molar-refractivity contribution < 1.29 is 5.11 Å². The van der Waals surface area contributed by atoms with Crippen molar-refractivity contribution in [1.82, 2.24) is 15.1 Å². The second kappa shape index (κ2) is 11.7. The molecule has 0 aromatic heterocycles. The van der Waals surface area contributed by atoms with Gasteiger partial charge in [-0.25, -0.2) is 0 Å². The number of guanidine groups is 1. The van der Waals surface area contributed by atoms with Crippen molar-refractivity contribution >= 4 is 35.6 Å². The average Bonchev–Trinajstić information content (AvgIpc) is 2.70. The third-order valence-corrected chi connectivity index (χ3v) is 5.82. The lowest BCUT2D eigenvalue weighted by atomic mass is 9.99. The van der Waals surface area contributed by atoms with Gasteiger partial charge in [-0.3, -0.25) is 4.99 Å². The van der Waals surface area contributed by atoms with E-state index in [1.165, 1.54) is 32.5 Å². The number of aliphatic imine (C=N–C) groups is 1. The second-order valence-corrected chi connectivity index (χ2v) is 7.81. The molecular formula is C21H36IN5O. The lowest BCUT2D eigenvalue weighted by Gasteiger charge is -2.38. The zero-order chi connectivity index (χ0) is 19.1. The van der Waals surface area contributed by atoms with Crippen LogP contribution in [0.3, 0.4) is 0 Å². The molecule has 0 radical (unpaired) electrons. The molecule has 2 heterocycles. The molecule has 2 N–H and O–H groups in total. The van der Waals surface area contributed by atoms with Crippen LogP contribution in [-0.4, -0.2) is 80.3 Å². The maximum absolute atomic E-state index is 10.1. The molecule has 0 bridgehead atoms. The molecule has 1 aromatic rings. The van der Waals surface area contributed by atoms with Crippen LogP contribution < -0.4 is 10.2 Å². The monoisotopic (exact) mass is 501 g/mol. The number of phenols is 1. The van der Waals surface area contributed by atoms with Crippen LogP contribution in [0, 0.1) is 5.92 Å². The Balaban J connectivity index is 0.00000280. The van der Waals surface area contributed by atoms with Gasteiger partial charge in [-0.05, 0) is 56.9 Å². The molecule has 158 valence electrons. The third kappa shape index (κ3) is 6.40. The Morgan fingerprint density at radius 1 is 1.11 bits per heavy atom. The highest BCUT2D eigenvalue weighted by molar-refractivity contribution is 14.0. The summed E-state index contributed by atoms with van der Waals surface area (Å²) in [7, 11) is 1.86. The molecule has 7 heteroatoms. The number of anilines is 1. The highest BCUT2D eigenvalue weighted by Gasteiger charge is 2.21. The molecule has 0 atom stereocenters. The largest absolute Gasteiger partial charge is 0.506 e. The quantitative estimate of drug-likeness (QED) is 0.281. The molecule has 3 rings (SSSR count). The van der Waals surface area contributed by atoms with Crippen LogP contribution in [0.25, 0.3) is 0 Å². The van der Waals surface area contributed by atoms with Gasteiger partial charge in [0.2, 0.25) is 0 Å². The molecule has 28 heavy (non-hydrogen) atoms. The smallest absolute Gasteiger partial charge is 0.193 e. The minimum atomic E-state index is 0. The zero-order valence-electron chi connectivity index (χ0n) is 17.3. The Morgan fingerprint density at radius 2 is 1.79 bits per heavy atom. The number of halogens is 1. The van der Waals surface area contributed by atoms with Crippen molar-refractivity contribution in [3.63, 3.8) is 0 Å². The maximum Gasteiger partial charge on any atom is 0.193 e. The number of hydrogen-bond acceptors (Lipinski definition) is 4. The van der Waals surface area contributed by atoms with Gasteiger partial charge in [0.05, 0.1) is 5.69 Å². The van der Waals surface area contributed by atoms with Gasteiger partial charge in [0.1, 0.15) is 5.75 Å². The van der Waals surface area contributed by atoms with Crippen molar-refractivity contribution in [2.24, 2.45) is 10.9 Å². The summed E-state index contributed by atoms with van der Waals surface area (Å²) in [5.74, 6) is 2.26. The molecule has 2 aliphatic heterocycles. The van der Waals surface area contributed by atoms with Gasteiger partial charge in [-0.15, -0.1) is 24.0 Å². The number of phenolic OH excluding ortho intramolecular Hbond substituents is 1. The fourth-order valence-electron chi connectivity index (χ4n) is 4.01. The zero-order valence-corrected chi connectivity index (χ0v) is 19.6. The topological polar surface area (TPSA) is 54.3 Å². The lowest BCUT2D eigenvalue weighted by molar-refractivity contribution is 0.191. The molecule has 1 aromatic carbocycles. The SMILES string of the molecule is CN=C(NCCCN1CCC(C)CC1)N1CCN(c2ccccc2O)CC1.I. The van der Waals surface area contributed by atoms with Gasteiger partial charge in [-0.1, -0.05) is 19.1 Å². The first-order valence-electron chi connectivity index (χ1n) is 10.4. The van der Waals surface area contributed by atoms with E-state index in [4.69, 9.17) is 0 Å². The summed E-state index contributed by atoms with van der Waals surface area (Å²) < 4.78 is 0. The van der Waals surface area contributed by atoms with Crippen LogP contribution in [0.2, 0.25) is 0 Å². The summed E-state index contributed by atoms with van der Waals surface area (Å²) in [4.78, 5) is 11.6. The van der Waals surface area contributed by atoms with Crippen molar-refractivity contribution in [1.29, 1.82) is 0 Å².